The zero-order chi connectivity index (χ0) is 34.2. The van der Waals surface area contributed by atoms with Gasteiger partial charge in [0.2, 0.25) is 6.29 Å². The number of aromatic nitrogens is 3. The van der Waals surface area contributed by atoms with Crippen molar-refractivity contribution in [1.29, 1.82) is 0 Å². The first-order chi connectivity index (χ1) is 23.8. The molecule has 0 aliphatic carbocycles. The zero-order valence-corrected chi connectivity index (χ0v) is 27.6. The highest BCUT2D eigenvalue weighted by Crippen LogP contribution is 2.35. The molecule has 6 rings (SSSR count). The van der Waals surface area contributed by atoms with Crippen LogP contribution in [0.2, 0.25) is 0 Å². The van der Waals surface area contributed by atoms with Gasteiger partial charge in [0.25, 0.3) is 0 Å². The molecule has 12 nitrogen and oxygen atoms in total. The summed E-state index contributed by atoms with van der Waals surface area (Å²) in [7, 11) is 4.92. The van der Waals surface area contributed by atoms with Crippen LogP contribution in [0.1, 0.15) is 28.7 Å². The number of benzene rings is 1. The fourth-order valence-corrected chi connectivity index (χ4v) is 6.65. The molecule has 2 fully saturated rings. The molecule has 1 unspecified atom stereocenters. The number of hydrogen-bond acceptors (Lipinski definition) is 11. The van der Waals surface area contributed by atoms with Gasteiger partial charge in [0.15, 0.2) is 0 Å². The fourth-order valence-electron chi connectivity index (χ4n) is 6.65. The monoisotopic (exact) mass is 670 g/mol. The van der Waals surface area contributed by atoms with E-state index >= 15 is 0 Å². The van der Waals surface area contributed by atoms with Crippen molar-refractivity contribution in [3.05, 3.63) is 127 Å². The topological polar surface area (TPSA) is 145 Å². The lowest BCUT2D eigenvalue weighted by molar-refractivity contribution is -0.909. The van der Waals surface area contributed by atoms with E-state index in [0.717, 1.165) is 75.0 Å². The molecule has 4 aromatic rings. The predicted molar refractivity (Wildman–Crippen MR) is 181 cm³/mol. The summed E-state index contributed by atoms with van der Waals surface area (Å²) in [4.78, 5) is 18.9. The van der Waals surface area contributed by atoms with Crippen molar-refractivity contribution in [2.45, 2.75) is 49.8 Å². The Morgan fingerprint density at radius 1 is 0.735 bits per heavy atom. The van der Waals surface area contributed by atoms with E-state index in [1.54, 1.807) is 12.1 Å². The molecule has 49 heavy (non-hydrogen) atoms. The summed E-state index contributed by atoms with van der Waals surface area (Å²) >= 11 is 0. The largest absolute Gasteiger partial charge is 0.462 e. The minimum Gasteiger partial charge on any atom is -0.462 e. The van der Waals surface area contributed by atoms with Crippen molar-refractivity contribution >= 4 is 0 Å². The molecule has 1 aromatic carbocycles. The lowest BCUT2D eigenvalue weighted by atomic mass is 9.98. The molecule has 2 saturated heterocycles. The van der Waals surface area contributed by atoms with E-state index in [2.05, 4.69) is 31.9 Å². The van der Waals surface area contributed by atoms with Gasteiger partial charge in [-0.3, -0.25) is 24.8 Å². The first kappa shape index (κ1) is 35.0. The van der Waals surface area contributed by atoms with Gasteiger partial charge >= 0.3 is 0 Å². The van der Waals surface area contributed by atoms with Crippen molar-refractivity contribution in [1.82, 2.24) is 24.8 Å². The van der Waals surface area contributed by atoms with Gasteiger partial charge in [0, 0.05) is 63.4 Å². The Labute approximate surface area is 287 Å². The minimum atomic E-state index is -1.52. The summed E-state index contributed by atoms with van der Waals surface area (Å²) in [5.41, 5.74) is 3.93. The van der Waals surface area contributed by atoms with Gasteiger partial charge in [-0.25, -0.2) is 0 Å². The van der Waals surface area contributed by atoms with Crippen LogP contribution in [0, 0.1) is 7.05 Å². The SMILES string of the molecule is [CH2-][N+]1(C(c2ccc(O[C@@H]3O[C@H](CO)[C@H](O)[C@H](O)[C@H]3O)cc2)c2ccccn2)CCN(Cc2ccccn2)CCN(Cc2ccccn2)CC1. The molecular formula is C37H46N6O6. The summed E-state index contributed by atoms with van der Waals surface area (Å²) in [6, 6.07) is 25.3. The number of aliphatic hydroxyl groups excluding tert-OH is 4. The molecule has 0 spiro atoms. The maximum absolute atomic E-state index is 10.5. The summed E-state index contributed by atoms with van der Waals surface area (Å²) in [6.45, 7) is 5.81. The molecule has 5 heterocycles. The average molecular weight is 671 g/mol. The maximum Gasteiger partial charge on any atom is 0.229 e. The van der Waals surface area contributed by atoms with E-state index in [1.165, 1.54) is 0 Å². The normalized spacial score (nSPS) is 25.9. The number of ether oxygens (including phenoxy) is 2. The highest BCUT2D eigenvalue weighted by molar-refractivity contribution is 5.32. The van der Waals surface area contributed by atoms with Gasteiger partial charge < -0.3 is 34.4 Å². The van der Waals surface area contributed by atoms with Crippen LogP contribution in [0.15, 0.2) is 97.5 Å². The van der Waals surface area contributed by atoms with E-state index in [-0.39, 0.29) is 6.04 Å². The first-order valence-electron chi connectivity index (χ1n) is 16.8. The molecule has 6 atom stereocenters. The number of rotatable bonds is 10. The highest BCUT2D eigenvalue weighted by Gasteiger charge is 2.44. The summed E-state index contributed by atoms with van der Waals surface area (Å²) in [5, 5.41) is 40.5. The smallest absolute Gasteiger partial charge is 0.229 e. The van der Waals surface area contributed by atoms with Crippen molar-refractivity contribution in [3.63, 3.8) is 0 Å². The van der Waals surface area contributed by atoms with Crippen LogP contribution in [0.5, 0.6) is 5.75 Å². The van der Waals surface area contributed by atoms with Gasteiger partial charge in [-0.1, -0.05) is 18.2 Å². The lowest BCUT2D eigenvalue weighted by Gasteiger charge is -2.49. The molecular weight excluding hydrogens is 624 g/mol. The highest BCUT2D eigenvalue weighted by atomic mass is 16.7. The van der Waals surface area contributed by atoms with Crippen molar-refractivity contribution in [3.8, 4) is 5.75 Å². The fraction of sp³-hybridized carbons (Fsp3) is 0.405. The maximum atomic E-state index is 10.5. The standard InChI is InChI=1S/C37H46N6O6/c1-43(22-20-41(24-28-8-2-5-15-38-28)18-19-42(21-23-43)25-29-9-3-6-16-39-29)33(31-10-4-7-17-40-31)27-11-13-30(14-12-27)48-37-36(47)35(46)34(45)32(26-44)49-37/h2-17,32-37,44-47H,1,18-26H2/t32-,33?,34+,35+,36-,37-/m1/s1. The Kier molecular flexibility index (Phi) is 11.6. The Morgan fingerprint density at radius 3 is 1.82 bits per heavy atom. The molecule has 2 aliphatic heterocycles. The Bertz CT molecular complexity index is 1520. The molecule has 0 amide bonds. The van der Waals surface area contributed by atoms with E-state index in [4.69, 9.17) is 21.5 Å². The van der Waals surface area contributed by atoms with Gasteiger partial charge in [-0.05, 0) is 60.7 Å². The van der Waals surface area contributed by atoms with Crippen molar-refractivity contribution in [2.24, 2.45) is 0 Å². The van der Waals surface area contributed by atoms with E-state index < -0.39 is 37.3 Å². The zero-order valence-electron chi connectivity index (χ0n) is 27.6. The Morgan fingerprint density at radius 2 is 1.31 bits per heavy atom. The third-order valence-electron chi connectivity index (χ3n) is 9.49. The first-order valence-corrected chi connectivity index (χ1v) is 16.8. The van der Waals surface area contributed by atoms with Crippen LogP contribution < -0.4 is 4.74 Å². The lowest BCUT2D eigenvalue weighted by Crippen LogP contribution is -2.60. The van der Waals surface area contributed by atoms with Crippen molar-refractivity contribution in [2.75, 3.05) is 45.9 Å². The number of aliphatic hydroxyl groups is 4. The number of hydrogen-bond donors (Lipinski definition) is 4. The molecule has 12 heteroatoms. The number of pyridine rings is 3. The summed E-state index contributed by atoms with van der Waals surface area (Å²) < 4.78 is 11.9. The summed E-state index contributed by atoms with van der Waals surface area (Å²) in [5.74, 6) is 0.399. The van der Waals surface area contributed by atoms with E-state index in [0.29, 0.717) is 10.2 Å². The number of quaternary nitrogens is 1. The molecule has 3 aromatic heterocycles. The molecule has 0 bridgehead atoms. The van der Waals surface area contributed by atoms with Gasteiger partial charge in [0.1, 0.15) is 41.9 Å². The predicted octanol–water partition coefficient (Wildman–Crippen LogP) is 1.77. The van der Waals surface area contributed by atoms with Crippen LogP contribution >= 0.6 is 0 Å². The minimum absolute atomic E-state index is 0.214. The number of nitrogens with zero attached hydrogens (tertiary/aromatic N) is 6. The van der Waals surface area contributed by atoms with E-state index in [1.807, 2.05) is 73.2 Å². The van der Waals surface area contributed by atoms with Gasteiger partial charge in [-0.2, -0.15) is 0 Å². The van der Waals surface area contributed by atoms with Crippen LogP contribution in [0.3, 0.4) is 0 Å². The third kappa shape index (κ3) is 8.66. The van der Waals surface area contributed by atoms with Crippen molar-refractivity contribution < 1.29 is 34.4 Å². The van der Waals surface area contributed by atoms with Crippen LogP contribution in [0.4, 0.5) is 0 Å². The average Bonchev–Trinajstić information content (AvgIpc) is 3.20. The van der Waals surface area contributed by atoms with E-state index in [9.17, 15) is 20.4 Å². The quantitative estimate of drug-likeness (QED) is 0.145. The van der Waals surface area contributed by atoms with Crippen LogP contribution in [-0.2, 0) is 17.8 Å². The molecule has 2 aliphatic rings. The third-order valence-corrected chi connectivity index (χ3v) is 9.49. The van der Waals surface area contributed by atoms with Gasteiger partial charge in [-0.15, -0.1) is 7.05 Å². The second kappa shape index (κ2) is 16.2. The van der Waals surface area contributed by atoms with Crippen LogP contribution in [-0.4, -0.2) is 126 Å². The Hall–Kier alpha value is -3.85. The molecule has 4 N–H and O–H groups in total. The molecule has 0 radical (unpaired) electrons. The van der Waals surface area contributed by atoms with Gasteiger partial charge in [0.05, 0.1) is 31.1 Å². The second-order valence-electron chi connectivity index (χ2n) is 12.9. The molecule has 260 valence electrons. The Balaban J connectivity index is 1.28. The second-order valence-corrected chi connectivity index (χ2v) is 12.9. The summed E-state index contributed by atoms with van der Waals surface area (Å²) in [6.07, 6.45) is -1.33. The van der Waals surface area contributed by atoms with Crippen LogP contribution in [0.25, 0.3) is 0 Å². The molecule has 0 saturated carbocycles.